The highest BCUT2D eigenvalue weighted by molar-refractivity contribution is 5.89. The minimum atomic E-state index is -0.453. The van der Waals surface area contributed by atoms with Crippen LogP contribution in [0.1, 0.15) is 21.7 Å². The van der Waals surface area contributed by atoms with Gasteiger partial charge in [-0.2, -0.15) is 5.26 Å². The quantitative estimate of drug-likeness (QED) is 0.832. The summed E-state index contributed by atoms with van der Waals surface area (Å²) in [7, 11) is 1.32. The van der Waals surface area contributed by atoms with Crippen LogP contribution in [0.15, 0.2) is 30.6 Å². The Morgan fingerprint density at radius 2 is 2.37 bits per heavy atom. The fraction of sp³-hybridized carbons (Fsp3) is 0.154. The third-order valence-corrected chi connectivity index (χ3v) is 2.60. The van der Waals surface area contributed by atoms with Crippen LogP contribution in [-0.2, 0) is 11.3 Å². The lowest BCUT2D eigenvalue weighted by Gasteiger charge is -2.07. The Morgan fingerprint density at radius 3 is 3.05 bits per heavy atom. The second-order valence-electron chi connectivity index (χ2n) is 3.94. The smallest absolute Gasteiger partial charge is 0.354 e. The number of nitrogens with two attached hydrogens (primary N) is 1. The first-order valence-electron chi connectivity index (χ1n) is 5.53. The Hall–Kier alpha value is -2.81. The van der Waals surface area contributed by atoms with Gasteiger partial charge in [0.2, 0.25) is 0 Å². The largest absolute Gasteiger partial charge is 0.464 e. The second kappa shape index (κ2) is 5.23. The van der Waals surface area contributed by atoms with Gasteiger partial charge >= 0.3 is 5.97 Å². The molecule has 0 radical (unpaired) electrons. The average molecular weight is 256 g/mol. The van der Waals surface area contributed by atoms with Gasteiger partial charge in [0, 0.05) is 18.9 Å². The Kier molecular flexibility index (Phi) is 3.48. The number of hydrogen-bond donors (Lipinski definition) is 1. The molecule has 2 N–H and O–H groups in total. The predicted octanol–water partition coefficient (Wildman–Crippen LogP) is 1.17. The molecule has 0 fully saturated rings. The molecule has 0 spiro atoms. The molecule has 0 saturated heterocycles. The molecule has 2 rings (SSSR count). The number of nitriles is 1. The van der Waals surface area contributed by atoms with Crippen molar-refractivity contribution in [1.82, 2.24) is 9.55 Å². The molecule has 0 unspecified atom stereocenters. The maximum atomic E-state index is 11.6. The van der Waals surface area contributed by atoms with Crippen LogP contribution in [0.4, 0.5) is 5.69 Å². The second-order valence-corrected chi connectivity index (χ2v) is 3.94. The van der Waals surface area contributed by atoms with Gasteiger partial charge in [-0.15, -0.1) is 0 Å². The number of ether oxygens (including phenoxy) is 1. The molecule has 19 heavy (non-hydrogen) atoms. The number of anilines is 1. The van der Waals surface area contributed by atoms with Crippen molar-refractivity contribution in [2.75, 3.05) is 12.8 Å². The number of esters is 1. The first kappa shape index (κ1) is 12.6. The van der Waals surface area contributed by atoms with Gasteiger partial charge in [-0.1, -0.05) is 0 Å². The molecule has 0 aliphatic heterocycles. The van der Waals surface area contributed by atoms with Crippen molar-refractivity contribution in [3.05, 3.63) is 47.5 Å². The average Bonchev–Trinajstić information content (AvgIpc) is 2.79. The lowest BCUT2D eigenvalue weighted by Crippen LogP contribution is -2.10. The summed E-state index contributed by atoms with van der Waals surface area (Å²) in [5, 5.41) is 8.80. The van der Waals surface area contributed by atoms with E-state index in [4.69, 9.17) is 15.7 Å². The van der Waals surface area contributed by atoms with Gasteiger partial charge in [0.25, 0.3) is 0 Å². The number of hydrogen-bond acceptors (Lipinski definition) is 5. The minimum absolute atomic E-state index is 0.331. The van der Waals surface area contributed by atoms with Gasteiger partial charge in [0.15, 0.2) is 0 Å². The zero-order valence-electron chi connectivity index (χ0n) is 10.3. The molecule has 2 aromatic heterocycles. The third kappa shape index (κ3) is 2.72. The molecule has 0 aliphatic carbocycles. The van der Waals surface area contributed by atoms with Gasteiger partial charge in [-0.3, -0.25) is 0 Å². The van der Waals surface area contributed by atoms with E-state index in [1.54, 1.807) is 35.2 Å². The number of nitrogen functional groups attached to an aromatic ring is 1. The molecule has 0 atom stereocenters. The summed E-state index contributed by atoms with van der Waals surface area (Å²) in [4.78, 5) is 15.5. The van der Waals surface area contributed by atoms with Gasteiger partial charge in [0.05, 0.1) is 12.8 Å². The van der Waals surface area contributed by atoms with E-state index < -0.39 is 5.97 Å². The van der Waals surface area contributed by atoms with Crippen molar-refractivity contribution in [3.8, 4) is 6.07 Å². The SMILES string of the molecule is COC(=O)c1cc(N)cn1Cc1ccnc(C#N)c1. The Labute approximate surface area is 110 Å². The van der Waals surface area contributed by atoms with Crippen LogP contribution in [-0.4, -0.2) is 22.6 Å². The zero-order valence-corrected chi connectivity index (χ0v) is 10.3. The third-order valence-electron chi connectivity index (χ3n) is 2.60. The number of carbonyl (C=O) groups is 1. The molecule has 6 nitrogen and oxygen atoms in total. The first-order valence-corrected chi connectivity index (χ1v) is 5.53. The van der Waals surface area contributed by atoms with Crippen LogP contribution in [0.25, 0.3) is 0 Å². The van der Waals surface area contributed by atoms with Gasteiger partial charge < -0.3 is 15.0 Å². The number of aromatic nitrogens is 2. The number of methoxy groups -OCH3 is 1. The normalized spacial score (nSPS) is 9.89. The molecular formula is C13H12N4O2. The monoisotopic (exact) mass is 256 g/mol. The summed E-state index contributed by atoms with van der Waals surface area (Å²) >= 11 is 0. The van der Waals surface area contributed by atoms with Gasteiger partial charge in [-0.25, -0.2) is 9.78 Å². The summed E-state index contributed by atoms with van der Waals surface area (Å²) in [5.41, 5.74) is 7.73. The summed E-state index contributed by atoms with van der Waals surface area (Å²) in [6, 6.07) is 6.96. The topological polar surface area (TPSA) is 93.9 Å². The Balaban J connectivity index is 2.33. The molecule has 0 saturated carbocycles. The maximum Gasteiger partial charge on any atom is 0.354 e. The van der Waals surface area contributed by atoms with Crippen LogP contribution in [0.2, 0.25) is 0 Å². The predicted molar refractivity (Wildman–Crippen MR) is 68.2 cm³/mol. The number of nitrogens with zero attached hydrogens (tertiary/aromatic N) is 3. The standard InChI is InChI=1S/C13H12N4O2/c1-19-13(18)12-5-10(15)8-17(12)7-9-2-3-16-11(4-9)6-14/h2-5,8H,7,15H2,1H3. The van der Waals surface area contributed by atoms with Crippen molar-refractivity contribution in [2.45, 2.75) is 6.54 Å². The Bertz CT molecular complexity index is 655. The fourth-order valence-corrected chi connectivity index (χ4v) is 1.77. The number of carbonyl (C=O) groups excluding carboxylic acids is 1. The number of pyridine rings is 1. The highest BCUT2D eigenvalue weighted by Gasteiger charge is 2.13. The lowest BCUT2D eigenvalue weighted by atomic mass is 10.2. The fourth-order valence-electron chi connectivity index (χ4n) is 1.77. The highest BCUT2D eigenvalue weighted by atomic mass is 16.5. The summed E-state index contributed by atoms with van der Waals surface area (Å²) in [5.74, 6) is -0.453. The minimum Gasteiger partial charge on any atom is -0.464 e. The van der Waals surface area contributed by atoms with E-state index in [0.29, 0.717) is 23.6 Å². The molecule has 0 aliphatic rings. The van der Waals surface area contributed by atoms with Crippen LogP contribution in [0.5, 0.6) is 0 Å². The maximum absolute atomic E-state index is 11.6. The molecule has 0 amide bonds. The summed E-state index contributed by atoms with van der Waals surface area (Å²) in [6.45, 7) is 0.416. The van der Waals surface area contributed by atoms with Gasteiger partial charge in [-0.05, 0) is 23.8 Å². The van der Waals surface area contributed by atoms with E-state index in [2.05, 4.69) is 4.98 Å². The molecule has 6 heteroatoms. The van der Waals surface area contributed by atoms with Crippen LogP contribution in [0, 0.1) is 11.3 Å². The van der Waals surface area contributed by atoms with Gasteiger partial charge in [0.1, 0.15) is 17.5 Å². The van der Waals surface area contributed by atoms with Crippen LogP contribution >= 0.6 is 0 Å². The Morgan fingerprint density at radius 1 is 1.58 bits per heavy atom. The molecule has 0 aromatic carbocycles. The van der Waals surface area contributed by atoms with E-state index in [9.17, 15) is 4.79 Å². The summed E-state index contributed by atoms with van der Waals surface area (Å²) < 4.78 is 6.37. The molecular weight excluding hydrogens is 244 g/mol. The van der Waals surface area contributed by atoms with E-state index in [-0.39, 0.29) is 0 Å². The van der Waals surface area contributed by atoms with E-state index >= 15 is 0 Å². The van der Waals surface area contributed by atoms with Crippen LogP contribution < -0.4 is 5.73 Å². The van der Waals surface area contributed by atoms with Crippen molar-refractivity contribution in [2.24, 2.45) is 0 Å². The van der Waals surface area contributed by atoms with Crippen molar-refractivity contribution in [1.29, 1.82) is 5.26 Å². The number of rotatable bonds is 3. The van der Waals surface area contributed by atoms with E-state index in [1.807, 2.05) is 6.07 Å². The van der Waals surface area contributed by atoms with Crippen molar-refractivity contribution < 1.29 is 9.53 Å². The van der Waals surface area contributed by atoms with E-state index in [0.717, 1.165) is 5.56 Å². The lowest BCUT2D eigenvalue weighted by molar-refractivity contribution is 0.0589. The van der Waals surface area contributed by atoms with E-state index in [1.165, 1.54) is 7.11 Å². The summed E-state index contributed by atoms with van der Waals surface area (Å²) in [6.07, 6.45) is 3.21. The van der Waals surface area contributed by atoms with Crippen molar-refractivity contribution in [3.63, 3.8) is 0 Å². The first-order chi connectivity index (χ1) is 9.13. The highest BCUT2D eigenvalue weighted by Crippen LogP contribution is 2.14. The van der Waals surface area contributed by atoms with Crippen molar-refractivity contribution >= 4 is 11.7 Å². The molecule has 2 heterocycles. The zero-order chi connectivity index (χ0) is 13.8. The molecule has 96 valence electrons. The molecule has 2 aromatic rings. The van der Waals surface area contributed by atoms with Crippen LogP contribution in [0.3, 0.4) is 0 Å². The molecule has 0 bridgehead atoms.